The van der Waals surface area contributed by atoms with E-state index in [1.807, 2.05) is 41.3 Å². The lowest BCUT2D eigenvalue weighted by Gasteiger charge is -2.33. The van der Waals surface area contributed by atoms with E-state index in [2.05, 4.69) is 5.32 Å². The van der Waals surface area contributed by atoms with Gasteiger partial charge in [-0.1, -0.05) is 23.7 Å². The van der Waals surface area contributed by atoms with Crippen LogP contribution in [0.5, 0.6) is 5.75 Å². The SMILES string of the molecule is COc1cccc(NC2CCN(C(=O)c3cccc(Cl)c3)CC2)c1. The number of piperidine rings is 1. The van der Waals surface area contributed by atoms with E-state index in [1.54, 1.807) is 19.2 Å². The molecular formula is C19H21ClN2O2. The lowest BCUT2D eigenvalue weighted by atomic mass is 10.0. The van der Waals surface area contributed by atoms with Gasteiger partial charge in [-0.05, 0) is 43.2 Å². The Balaban J connectivity index is 1.56. The summed E-state index contributed by atoms with van der Waals surface area (Å²) in [4.78, 5) is 14.4. The maximum absolute atomic E-state index is 12.5. The molecule has 0 aliphatic carbocycles. The van der Waals surface area contributed by atoms with Crippen LogP contribution in [0.4, 0.5) is 5.69 Å². The first kappa shape index (κ1) is 16.7. The Morgan fingerprint density at radius 3 is 2.62 bits per heavy atom. The van der Waals surface area contributed by atoms with Gasteiger partial charge in [0, 0.05) is 41.5 Å². The number of carbonyl (C=O) groups excluding carboxylic acids is 1. The highest BCUT2D eigenvalue weighted by atomic mass is 35.5. The molecular weight excluding hydrogens is 324 g/mol. The number of hydrogen-bond donors (Lipinski definition) is 1. The van der Waals surface area contributed by atoms with Gasteiger partial charge in [0.1, 0.15) is 5.75 Å². The maximum Gasteiger partial charge on any atom is 0.253 e. The van der Waals surface area contributed by atoms with Crippen molar-refractivity contribution in [2.24, 2.45) is 0 Å². The van der Waals surface area contributed by atoms with Crippen molar-refractivity contribution in [3.63, 3.8) is 0 Å². The summed E-state index contributed by atoms with van der Waals surface area (Å²) in [5.41, 5.74) is 1.70. The fraction of sp³-hybridized carbons (Fsp3) is 0.316. The molecule has 126 valence electrons. The van der Waals surface area contributed by atoms with Crippen LogP contribution in [0.3, 0.4) is 0 Å². The van der Waals surface area contributed by atoms with Crippen LogP contribution in [-0.2, 0) is 0 Å². The Kier molecular flexibility index (Phi) is 5.26. The van der Waals surface area contributed by atoms with Crippen LogP contribution in [0.25, 0.3) is 0 Å². The van der Waals surface area contributed by atoms with Crippen molar-refractivity contribution in [2.75, 3.05) is 25.5 Å². The number of halogens is 1. The third-order valence-electron chi connectivity index (χ3n) is 4.29. The second-order valence-electron chi connectivity index (χ2n) is 5.95. The molecule has 1 amide bonds. The van der Waals surface area contributed by atoms with Gasteiger partial charge in [-0.25, -0.2) is 0 Å². The van der Waals surface area contributed by atoms with E-state index in [9.17, 15) is 4.79 Å². The number of amides is 1. The predicted octanol–water partition coefficient (Wildman–Crippen LogP) is 4.07. The maximum atomic E-state index is 12.5. The van der Waals surface area contributed by atoms with Crippen LogP contribution in [0.1, 0.15) is 23.2 Å². The van der Waals surface area contributed by atoms with Crippen LogP contribution < -0.4 is 10.1 Å². The Labute approximate surface area is 147 Å². The summed E-state index contributed by atoms with van der Waals surface area (Å²) in [7, 11) is 1.67. The molecule has 0 bridgehead atoms. The van der Waals surface area contributed by atoms with Crippen LogP contribution in [0, 0.1) is 0 Å². The highest BCUT2D eigenvalue weighted by Gasteiger charge is 2.23. The summed E-state index contributed by atoms with van der Waals surface area (Å²) in [5, 5.41) is 4.12. The summed E-state index contributed by atoms with van der Waals surface area (Å²) in [6.45, 7) is 1.49. The van der Waals surface area contributed by atoms with Crippen molar-refractivity contribution in [2.45, 2.75) is 18.9 Å². The average Bonchev–Trinajstić information content (AvgIpc) is 2.62. The Bertz CT molecular complexity index is 712. The van der Waals surface area contributed by atoms with Gasteiger partial charge in [0.2, 0.25) is 0 Å². The van der Waals surface area contributed by atoms with E-state index in [-0.39, 0.29) is 5.91 Å². The number of carbonyl (C=O) groups is 1. The average molecular weight is 345 g/mol. The highest BCUT2D eigenvalue weighted by molar-refractivity contribution is 6.30. The van der Waals surface area contributed by atoms with E-state index in [4.69, 9.17) is 16.3 Å². The summed E-state index contributed by atoms with van der Waals surface area (Å²) in [5.74, 6) is 0.894. The number of likely N-dealkylation sites (tertiary alicyclic amines) is 1. The molecule has 24 heavy (non-hydrogen) atoms. The van der Waals surface area contributed by atoms with Crippen LogP contribution in [0.15, 0.2) is 48.5 Å². The normalized spacial score (nSPS) is 15.2. The van der Waals surface area contributed by atoms with Gasteiger partial charge >= 0.3 is 0 Å². The third kappa shape index (κ3) is 4.01. The van der Waals surface area contributed by atoms with Crippen LogP contribution in [-0.4, -0.2) is 37.0 Å². The lowest BCUT2D eigenvalue weighted by molar-refractivity contribution is 0.0718. The number of ether oxygens (including phenoxy) is 1. The predicted molar refractivity (Wildman–Crippen MR) is 97.0 cm³/mol. The van der Waals surface area contributed by atoms with Crippen molar-refractivity contribution in [1.29, 1.82) is 0 Å². The molecule has 3 rings (SSSR count). The molecule has 1 N–H and O–H groups in total. The summed E-state index contributed by atoms with van der Waals surface area (Å²) in [6.07, 6.45) is 1.84. The molecule has 0 aromatic heterocycles. The molecule has 5 heteroatoms. The van der Waals surface area contributed by atoms with E-state index in [0.717, 1.165) is 37.4 Å². The van der Waals surface area contributed by atoms with Gasteiger partial charge in [-0.2, -0.15) is 0 Å². The molecule has 0 unspecified atom stereocenters. The molecule has 2 aromatic carbocycles. The van der Waals surface area contributed by atoms with E-state index in [1.165, 1.54) is 0 Å². The second kappa shape index (κ2) is 7.58. The minimum Gasteiger partial charge on any atom is -0.497 e. The first-order valence-corrected chi connectivity index (χ1v) is 8.49. The molecule has 0 radical (unpaired) electrons. The zero-order valence-corrected chi connectivity index (χ0v) is 14.4. The first-order chi connectivity index (χ1) is 11.7. The lowest BCUT2D eigenvalue weighted by Crippen LogP contribution is -2.42. The molecule has 0 saturated carbocycles. The Morgan fingerprint density at radius 1 is 1.17 bits per heavy atom. The van der Waals surface area contributed by atoms with Crippen molar-refractivity contribution < 1.29 is 9.53 Å². The van der Waals surface area contributed by atoms with Gasteiger partial charge in [0.15, 0.2) is 0 Å². The van der Waals surface area contributed by atoms with E-state index in [0.29, 0.717) is 16.6 Å². The summed E-state index contributed by atoms with van der Waals surface area (Å²) >= 11 is 5.98. The van der Waals surface area contributed by atoms with Crippen LogP contribution >= 0.6 is 11.6 Å². The number of rotatable bonds is 4. The molecule has 1 aliphatic rings. The van der Waals surface area contributed by atoms with Gasteiger partial charge in [-0.3, -0.25) is 4.79 Å². The fourth-order valence-corrected chi connectivity index (χ4v) is 3.17. The minimum atomic E-state index is 0.0531. The quantitative estimate of drug-likeness (QED) is 0.909. The molecule has 1 heterocycles. The third-order valence-corrected chi connectivity index (χ3v) is 4.53. The topological polar surface area (TPSA) is 41.6 Å². The number of hydrogen-bond acceptors (Lipinski definition) is 3. The second-order valence-corrected chi connectivity index (χ2v) is 6.39. The van der Waals surface area contributed by atoms with E-state index >= 15 is 0 Å². The van der Waals surface area contributed by atoms with Crippen molar-refractivity contribution in [3.05, 3.63) is 59.1 Å². The Hall–Kier alpha value is -2.20. The fourth-order valence-electron chi connectivity index (χ4n) is 2.98. The van der Waals surface area contributed by atoms with Crippen molar-refractivity contribution in [1.82, 2.24) is 4.90 Å². The number of methoxy groups -OCH3 is 1. The zero-order valence-electron chi connectivity index (χ0n) is 13.7. The molecule has 1 fully saturated rings. The Morgan fingerprint density at radius 2 is 1.92 bits per heavy atom. The van der Waals surface area contributed by atoms with Crippen molar-refractivity contribution in [3.8, 4) is 5.75 Å². The van der Waals surface area contributed by atoms with Gasteiger partial charge in [0.25, 0.3) is 5.91 Å². The molecule has 0 spiro atoms. The number of benzene rings is 2. The molecule has 2 aromatic rings. The van der Waals surface area contributed by atoms with Crippen molar-refractivity contribution >= 4 is 23.2 Å². The minimum absolute atomic E-state index is 0.0531. The first-order valence-electron chi connectivity index (χ1n) is 8.11. The number of nitrogens with zero attached hydrogens (tertiary/aromatic N) is 1. The summed E-state index contributed by atoms with van der Waals surface area (Å²) < 4.78 is 5.25. The van der Waals surface area contributed by atoms with E-state index < -0.39 is 0 Å². The van der Waals surface area contributed by atoms with Gasteiger partial charge in [0.05, 0.1) is 7.11 Å². The standard InChI is InChI=1S/C19H21ClN2O2/c1-24-18-7-3-6-17(13-18)21-16-8-10-22(11-9-16)19(23)14-4-2-5-15(20)12-14/h2-7,12-13,16,21H,8-11H2,1H3. The zero-order chi connectivity index (χ0) is 16.9. The largest absolute Gasteiger partial charge is 0.497 e. The molecule has 4 nitrogen and oxygen atoms in total. The monoisotopic (exact) mass is 344 g/mol. The van der Waals surface area contributed by atoms with Gasteiger partial charge in [-0.15, -0.1) is 0 Å². The smallest absolute Gasteiger partial charge is 0.253 e. The van der Waals surface area contributed by atoms with Crippen LogP contribution in [0.2, 0.25) is 5.02 Å². The molecule has 1 aliphatic heterocycles. The summed E-state index contributed by atoms with van der Waals surface area (Å²) in [6, 6.07) is 15.4. The molecule has 1 saturated heterocycles. The highest BCUT2D eigenvalue weighted by Crippen LogP contribution is 2.22. The number of anilines is 1. The van der Waals surface area contributed by atoms with Gasteiger partial charge < -0.3 is 15.0 Å². The molecule has 0 atom stereocenters. The number of nitrogens with one attached hydrogen (secondary N) is 1.